The topological polar surface area (TPSA) is 126 Å². The summed E-state index contributed by atoms with van der Waals surface area (Å²) in [5, 5.41) is 7.38. The zero-order valence-electron chi connectivity index (χ0n) is 24.4. The van der Waals surface area contributed by atoms with Crippen LogP contribution in [0.25, 0.3) is 22.0 Å². The molecular formula is C30H37FN6O4S. The average molecular weight is 597 g/mol. The van der Waals surface area contributed by atoms with E-state index in [9.17, 15) is 13.2 Å². The lowest BCUT2D eigenvalue weighted by atomic mass is 9.48. The molecule has 4 heterocycles. The van der Waals surface area contributed by atoms with Gasteiger partial charge in [0.2, 0.25) is 21.8 Å². The summed E-state index contributed by atoms with van der Waals surface area (Å²) in [4.78, 5) is 24.3. The second kappa shape index (κ2) is 10.4. The summed E-state index contributed by atoms with van der Waals surface area (Å²) in [6, 6.07) is 4.91. The van der Waals surface area contributed by atoms with Crippen molar-refractivity contribution in [2.75, 3.05) is 49.2 Å². The fraction of sp³-hybridized carbons (Fsp3) is 0.500. The number of amides is 1. The largest absolute Gasteiger partial charge is 0.475 e. The highest BCUT2D eigenvalue weighted by Gasteiger charge is 2.64. The third-order valence-electron chi connectivity index (χ3n) is 8.86. The Balaban J connectivity index is 1.42. The lowest BCUT2D eigenvalue weighted by Gasteiger charge is -2.56. The van der Waals surface area contributed by atoms with Crippen LogP contribution in [0.4, 0.5) is 15.8 Å². The number of fused-ring (bicyclic) bond motifs is 4. The van der Waals surface area contributed by atoms with E-state index in [1.54, 1.807) is 24.2 Å². The number of nitrogens with zero attached hydrogens (tertiary/aromatic N) is 3. The van der Waals surface area contributed by atoms with Gasteiger partial charge in [-0.25, -0.2) is 17.8 Å². The summed E-state index contributed by atoms with van der Waals surface area (Å²) in [5.41, 5.74) is 2.36. The Morgan fingerprint density at radius 2 is 1.88 bits per heavy atom. The second-order valence-electron chi connectivity index (χ2n) is 12.3. The number of hydrogen-bond acceptors (Lipinski definition) is 8. The normalized spacial score (nSPS) is 19.0. The van der Waals surface area contributed by atoms with E-state index >= 15 is 4.39 Å². The standard InChI is InChI=1S/C30H37FN6O4S/c1-18(2)33-9-10-41-27-24(36-42(4,39)40)11-19(14-35-27)20-12-21-23(13-22(20)31)34-15-25-26(21)30(28(38)37(25)3)16-29(17-30)5-7-32-8-6-29/h11-15,18,32-33,36H,5-10,16-17H2,1-4H3. The summed E-state index contributed by atoms with van der Waals surface area (Å²) in [6.07, 6.45) is 7.79. The van der Waals surface area contributed by atoms with Gasteiger partial charge in [0.05, 0.1) is 29.1 Å². The highest BCUT2D eigenvalue weighted by molar-refractivity contribution is 7.92. The van der Waals surface area contributed by atoms with Gasteiger partial charge in [0.1, 0.15) is 18.1 Å². The highest BCUT2D eigenvalue weighted by Crippen LogP contribution is 2.65. The van der Waals surface area contributed by atoms with Crippen LogP contribution in [0.5, 0.6) is 5.88 Å². The minimum atomic E-state index is -3.67. The summed E-state index contributed by atoms with van der Waals surface area (Å²) in [6.45, 7) is 6.74. The van der Waals surface area contributed by atoms with Crippen LogP contribution in [0.15, 0.2) is 30.6 Å². The van der Waals surface area contributed by atoms with E-state index in [1.807, 2.05) is 13.8 Å². The fourth-order valence-electron chi connectivity index (χ4n) is 7.07. The molecule has 1 amide bonds. The Kier molecular flexibility index (Phi) is 7.14. The Morgan fingerprint density at radius 3 is 2.57 bits per heavy atom. The number of piperidine rings is 1. The van der Waals surface area contributed by atoms with Gasteiger partial charge >= 0.3 is 0 Å². The van der Waals surface area contributed by atoms with Gasteiger partial charge in [0.25, 0.3) is 0 Å². The van der Waals surface area contributed by atoms with Crippen LogP contribution in [0.1, 0.15) is 45.1 Å². The molecule has 12 heteroatoms. The van der Waals surface area contributed by atoms with E-state index in [-0.39, 0.29) is 41.1 Å². The van der Waals surface area contributed by atoms with Crippen LogP contribution in [-0.4, -0.2) is 69.9 Å². The molecule has 0 unspecified atom stereocenters. The Bertz CT molecular complexity index is 1660. The van der Waals surface area contributed by atoms with Gasteiger partial charge < -0.3 is 20.3 Å². The molecule has 0 bridgehead atoms. The number of pyridine rings is 2. The first-order chi connectivity index (χ1) is 19.9. The third kappa shape index (κ3) is 4.99. The number of likely N-dealkylation sites (N-methyl/N-ethyl adjacent to an activating group) is 1. The number of benzene rings is 1. The number of rotatable bonds is 8. The van der Waals surface area contributed by atoms with Crippen LogP contribution in [-0.2, 0) is 20.2 Å². The zero-order chi connectivity index (χ0) is 29.9. The SMILES string of the molecule is CC(C)NCCOc1ncc(-c2cc3c4c(cnc3cc2F)N(C)C(=O)C42CC3(CCNCC3)C2)cc1NS(C)(=O)=O. The molecule has 2 aliphatic heterocycles. The number of carbonyl (C=O) groups is 1. The molecule has 1 aliphatic carbocycles. The number of halogens is 1. The lowest BCUT2D eigenvalue weighted by Crippen LogP contribution is -2.57. The molecule has 1 saturated heterocycles. The van der Waals surface area contributed by atoms with E-state index in [0.29, 0.717) is 17.6 Å². The van der Waals surface area contributed by atoms with Gasteiger partial charge in [0.15, 0.2) is 0 Å². The van der Waals surface area contributed by atoms with Gasteiger partial charge in [-0.2, -0.15) is 0 Å². The molecule has 3 N–H and O–H groups in total. The molecule has 0 radical (unpaired) electrons. The molecule has 1 saturated carbocycles. The molecule has 2 spiro atoms. The summed E-state index contributed by atoms with van der Waals surface area (Å²) in [5.74, 6) is -0.352. The summed E-state index contributed by atoms with van der Waals surface area (Å²) in [7, 11) is -1.89. The van der Waals surface area contributed by atoms with Crippen molar-refractivity contribution in [3.8, 4) is 17.0 Å². The van der Waals surface area contributed by atoms with Gasteiger partial charge in [-0.15, -0.1) is 0 Å². The predicted octanol–water partition coefficient (Wildman–Crippen LogP) is 3.56. The molecule has 42 heavy (non-hydrogen) atoms. The average Bonchev–Trinajstić information content (AvgIpc) is 3.13. The van der Waals surface area contributed by atoms with Crippen molar-refractivity contribution in [1.29, 1.82) is 0 Å². The van der Waals surface area contributed by atoms with Crippen LogP contribution in [0, 0.1) is 11.2 Å². The Labute approximate surface area is 245 Å². The van der Waals surface area contributed by atoms with E-state index in [1.165, 1.54) is 18.3 Å². The van der Waals surface area contributed by atoms with Crippen LogP contribution in [0.3, 0.4) is 0 Å². The minimum absolute atomic E-state index is 0.0663. The number of aromatic nitrogens is 2. The molecule has 0 atom stereocenters. The Hall–Kier alpha value is -3.35. The number of sulfonamides is 1. The maximum absolute atomic E-state index is 15.6. The molecular weight excluding hydrogens is 559 g/mol. The molecule has 224 valence electrons. The first kappa shape index (κ1) is 28.8. The van der Waals surface area contributed by atoms with Crippen molar-refractivity contribution in [2.45, 2.75) is 51.0 Å². The van der Waals surface area contributed by atoms with E-state index in [0.717, 1.165) is 61.7 Å². The first-order valence-electron chi connectivity index (χ1n) is 14.4. The molecule has 10 nitrogen and oxygen atoms in total. The monoisotopic (exact) mass is 596 g/mol. The van der Waals surface area contributed by atoms with Gasteiger partial charge in [-0.3, -0.25) is 14.5 Å². The van der Waals surface area contributed by atoms with E-state index in [2.05, 4.69) is 25.3 Å². The third-order valence-corrected chi connectivity index (χ3v) is 9.45. The van der Waals surface area contributed by atoms with Gasteiger partial charge in [-0.1, -0.05) is 13.8 Å². The maximum atomic E-state index is 15.6. The van der Waals surface area contributed by atoms with Gasteiger partial charge in [-0.05, 0) is 56.3 Å². The van der Waals surface area contributed by atoms with Crippen molar-refractivity contribution >= 4 is 38.2 Å². The van der Waals surface area contributed by atoms with Crippen molar-refractivity contribution in [3.05, 3.63) is 42.0 Å². The van der Waals surface area contributed by atoms with Crippen LogP contribution >= 0.6 is 0 Å². The van der Waals surface area contributed by atoms with E-state index < -0.39 is 21.3 Å². The number of hydrogen-bond donors (Lipinski definition) is 3. The number of carbonyl (C=O) groups excluding carboxylic acids is 1. The van der Waals surface area contributed by atoms with Crippen molar-refractivity contribution < 1.29 is 22.3 Å². The van der Waals surface area contributed by atoms with Crippen molar-refractivity contribution in [3.63, 3.8) is 0 Å². The summed E-state index contributed by atoms with van der Waals surface area (Å²) >= 11 is 0. The van der Waals surface area contributed by atoms with Crippen molar-refractivity contribution in [1.82, 2.24) is 20.6 Å². The molecule has 6 rings (SSSR count). The molecule has 3 aromatic rings. The van der Waals surface area contributed by atoms with Crippen molar-refractivity contribution in [2.24, 2.45) is 5.41 Å². The first-order valence-corrected chi connectivity index (χ1v) is 16.3. The van der Waals surface area contributed by atoms with Gasteiger partial charge in [0, 0.05) is 54.0 Å². The molecule has 2 aromatic heterocycles. The minimum Gasteiger partial charge on any atom is -0.475 e. The number of ether oxygens (including phenoxy) is 1. The fourth-order valence-corrected chi connectivity index (χ4v) is 7.61. The molecule has 1 aromatic carbocycles. The quantitative estimate of drug-likeness (QED) is 0.337. The molecule has 2 fully saturated rings. The van der Waals surface area contributed by atoms with Crippen LogP contribution in [0.2, 0.25) is 0 Å². The summed E-state index contributed by atoms with van der Waals surface area (Å²) < 4.78 is 48.2. The second-order valence-corrected chi connectivity index (χ2v) is 14.1. The zero-order valence-corrected chi connectivity index (χ0v) is 25.2. The lowest BCUT2D eigenvalue weighted by molar-refractivity contribution is -0.133. The number of nitrogens with one attached hydrogen (secondary N) is 3. The van der Waals surface area contributed by atoms with Crippen LogP contribution < -0.4 is 25.0 Å². The smallest absolute Gasteiger partial charge is 0.238 e. The number of anilines is 2. The highest BCUT2D eigenvalue weighted by atomic mass is 32.2. The Morgan fingerprint density at radius 1 is 1.14 bits per heavy atom. The van der Waals surface area contributed by atoms with E-state index in [4.69, 9.17) is 4.74 Å². The predicted molar refractivity (Wildman–Crippen MR) is 161 cm³/mol. The molecule has 3 aliphatic rings. The maximum Gasteiger partial charge on any atom is 0.238 e.